The molecule has 1 unspecified atom stereocenters. The van der Waals surface area contributed by atoms with Crippen LogP contribution in [0, 0.1) is 46.3 Å². The fourth-order valence-electron chi connectivity index (χ4n) is 8.68. The van der Waals surface area contributed by atoms with Gasteiger partial charge in [0.2, 0.25) is 0 Å². The highest BCUT2D eigenvalue weighted by Gasteiger charge is 2.59. The monoisotopic (exact) mass is 404 g/mol. The Morgan fingerprint density at radius 1 is 1.07 bits per heavy atom. The van der Waals surface area contributed by atoms with Gasteiger partial charge in [-0.05, 0) is 104 Å². The zero-order valence-corrected chi connectivity index (χ0v) is 19.4. The molecule has 0 aromatic heterocycles. The van der Waals surface area contributed by atoms with Gasteiger partial charge in [-0.2, -0.15) is 0 Å². The zero-order chi connectivity index (χ0) is 20.8. The summed E-state index contributed by atoms with van der Waals surface area (Å²) in [6, 6.07) is 0. The van der Waals surface area contributed by atoms with Gasteiger partial charge in [-0.1, -0.05) is 52.2 Å². The third-order valence-electron chi connectivity index (χ3n) is 10.5. The number of aliphatic hydroxyl groups excluding tert-OH is 1. The Balaban J connectivity index is 1.46. The summed E-state index contributed by atoms with van der Waals surface area (Å²) in [7, 11) is 0. The van der Waals surface area contributed by atoms with Gasteiger partial charge in [0, 0.05) is 0 Å². The van der Waals surface area contributed by atoms with E-state index >= 15 is 0 Å². The maximum atomic E-state index is 12.8. The van der Waals surface area contributed by atoms with E-state index in [1.165, 1.54) is 51.4 Å². The first-order valence-electron chi connectivity index (χ1n) is 12.7. The first kappa shape index (κ1) is 21.8. The van der Waals surface area contributed by atoms with E-state index in [4.69, 9.17) is 0 Å². The highest BCUT2D eigenvalue weighted by atomic mass is 19.1. The van der Waals surface area contributed by atoms with Crippen molar-refractivity contribution in [1.29, 1.82) is 0 Å². The number of aliphatic hydroxyl groups is 1. The molecule has 0 amide bonds. The minimum atomic E-state index is -0.161. The largest absolute Gasteiger partial charge is 0.393 e. The van der Waals surface area contributed by atoms with Crippen molar-refractivity contribution in [3.8, 4) is 0 Å². The quantitative estimate of drug-likeness (QED) is 0.459. The number of fused-ring (bicyclic) bond motifs is 5. The summed E-state index contributed by atoms with van der Waals surface area (Å²) in [6.45, 7) is 9.55. The van der Waals surface area contributed by atoms with Crippen molar-refractivity contribution >= 4 is 0 Å². The molecule has 0 aromatic carbocycles. The minimum absolute atomic E-state index is 0.100. The third kappa shape index (κ3) is 3.74. The second-order valence-corrected chi connectivity index (χ2v) is 12.1. The van der Waals surface area contributed by atoms with E-state index < -0.39 is 0 Å². The van der Waals surface area contributed by atoms with Crippen LogP contribution >= 0.6 is 0 Å². The number of hydrogen-bond acceptors (Lipinski definition) is 1. The molecule has 9 atom stereocenters. The maximum absolute atomic E-state index is 12.8. The van der Waals surface area contributed by atoms with E-state index in [2.05, 4.69) is 33.8 Å². The van der Waals surface area contributed by atoms with Crippen LogP contribution in [-0.4, -0.2) is 17.9 Å². The highest BCUT2D eigenvalue weighted by Crippen LogP contribution is 2.67. The predicted molar refractivity (Wildman–Crippen MR) is 119 cm³/mol. The fraction of sp³-hybridized carbons (Fsp3) is 0.926. The predicted octanol–water partition coefficient (Wildman–Crippen LogP) is 7.34. The molecule has 4 rings (SSSR count). The summed E-state index contributed by atoms with van der Waals surface area (Å²) in [6.07, 6.45) is 16.0. The second-order valence-electron chi connectivity index (χ2n) is 12.1. The van der Waals surface area contributed by atoms with Crippen molar-refractivity contribution in [1.82, 2.24) is 0 Å². The van der Waals surface area contributed by atoms with Crippen molar-refractivity contribution < 1.29 is 9.50 Å². The van der Waals surface area contributed by atoms with E-state index in [0.717, 1.165) is 48.9 Å². The standard InChI is InChI=1S/C27H45FO/c1-18(17-28)6-5-7-19(2)23-10-11-24-22-9-8-20-16-21(29)12-14-26(20,3)25(22)13-15-27(23,24)4/h8,18-19,21-25,29H,5-7,9-17H2,1-4H3/t18-,19-,21+,22+,23-,24+,25?,26+,27-/m1/s1. The van der Waals surface area contributed by atoms with E-state index in [1.807, 2.05) is 0 Å². The van der Waals surface area contributed by atoms with E-state index in [9.17, 15) is 9.50 Å². The van der Waals surface area contributed by atoms with Crippen molar-refractivity contribution in [2.24, 2.45) is 46.3 Å². The van der Waals surface area contributed by atoms with Gasteiger partial charge in [0.05, 0.1) is 12.8 Å². The molecule has 0 saturated heterocycles. The van der Waals surface area contributed by atoms with Gasteiger partial charge in [-0.15, -0.1) is 0 Å². The number of halogens is 1. The molecule has 3 fully saturated rings. The molecule has 0 bridgehead atoms. The van der Waals surface area contributed by atoms with Crippen LogP contribution in [0.1, 0.15) is 98.3 Å². The lowest BCUT2D eigenvalue weighted by Crippen LogP contribution is -2.50. The normalized spacial score (nSPS) is 46.3. The lowest BCUT2D eigenvalue weighted by molar-refractivity contribution is -0.0573. The molecule has 0 heterocycles. The van der Waals surface area contributed by atoms with Gasteiger partial charge in [-0.25, -0.2) is 0 Å². The molecule has 29 heavy (non-hydrogen) atoms. The molecule has 1 N–H and O–H groups in total. The summed E-state index contributed by atoms with van der Waals surface area (Å²) in [5, 5.41) is 10.2. The Bertz CT molecular complexity index is 614. The molecular weight excluding hydrogens is 359 g/mol. The second kappa shape index (κ2) is 8.29. The molecular formula is C27H45FO. The molecule has 0 aromatic rings. The van der Waals surface area contributed by atoms with Crippen LogP contribution in [0.5, 0.6) is 0 Å². The SMILES string of the molecule is C[C@@H](CF)CCC[C@@H](C)[C@H]1CC[C@H]2[C@@H]3CC=C4C[C@@H](O)CC[C@]4(C)C3CC[C@]12C. The molecule has 4 aliphatic rings. The highest BCUT2D eigenvalue weighted by molar-refractivity contribution is 5.25. The lowest BCUT2D eigenvalue weighted by atomic mass is 9.47. The van der Waals surface area contributed by atoms with Crippen molar-refractivity contribution in [3.63, 3.8) is 0 Å². The van der Waals surface area contributed by atoms with E-state index in [0.29, 0.717) is 10.8 Å². The number of alkyl halides is 1. The van der Waals surface area contributed by atoms with Crippen LogP contribution in [-0.2, 0) is 0 Å². The molecule has 2 heteroatoms. The Labute approximate surface area is 178 Å². The summed E-state index contributed by atoms with van der Waals surface area (Å²) >= 11 is 0. The Kier molecular flexibility index (Phi) is 6.24. The topological polar surface area (TPSA) is 20.2 Å². The van der Waals surface area contributed by atoms with E-state index in [-0.39, 0.29) is 18.7 Å². The van der Waals surface area contributed by atoms with Gasteiger partial charge in [0.25, 0.3) is 0 Å². The van der Waals surface area contributed by atoms with Crippen LogP contribution in [0.2, 0.25) is 0 Å². The van der Waals surface area contributed by atoms with Crippen LogP contribution < -0.4 is 0 Å². The average Bonchev–Trinajstić information content (AvgIpc) is 3.05. The average molecular weight is 405 g/mol. The first-order valence-corrected chi connectivity index (χ1v) is 12.7. The summed E-state index contributed by atoms with van der Waals surface area (Å²) in [4.78, 5) is 0. The number of hydrogen-bond donors (Lipinski definition) is 1. The Morgan fingerprint density at radius 3 is 2.62 bits per heavy atom. The van der Waals surface area contributed by atoms with Crippen LogP contribution in [0.3, 0.4) is 0 Å². The fourth-order valence-corrected chi connectivity index (χ4v) is 8.68. The molecule has 0 spiro atoms. The van der Waals surface area contributed by atoms with Crippen molar-refractivity contribution in [3.05, 3.63) is 11.6 Å². The summed E-state index contributed by atoms with van der Waals surface area (Å²) in [5.74, 6) is 4.47. The number of allylic oxidation sites excluding steroid dienone is 1. The maximum Gasteiger partial charge on any atom is 0.0919 e. The van der Waals surface area contributed by atoms with Crippen LogP contribution in [0.25, 0.3) is 0 Å². The molecule has 1 nitrogen and oxygen atoms in total. The van der Waals surface area contributed by atoms with Gasteiger partial charge in [0.15, 0.2) is 0 Å². The molecule has 166 valence electrons. The number of rotatable bonds is 6. The van der Waals surface area contributed by atoms with Crippen LogP contribution in [0.15, 0.2) is 11.6 Å². The molecule has 0 aliphatic heterocycles. The van der Waals surface area contributed by atoms with Gasteiger partial charge >= 0.3 is 0 Å². The zero-order valence-electron chi connectivity index (χ0n) is 19.4. The summed E-state index contributed by atoms with van der Waals surface area (Å²) in [5.41, 5.74) is 2.46. The lowest BCUT2D eigenvalue weighted by Gasteiger charge is -2.58. The van der Waals surface area contributed by atoms with E-state index in [1.54, 1.807) is 5.57 Å². The summed E-state index contributed by atoms with van der Waals surface area (Å²) < 4.78 is 12.8. The van der Waals surface area contributed by atoms with Gasteiger partial charge < -0.3 is 5.11 Å². The third-order valence-corrected chi connectivity index (χ3v) is 10.5. The minimum Gasteiger partial charge on any atom is -0.393 e. The Morgan fingerprint density at radius 2 is 1.86 bits per heavy atom. The Hall–Kier alpha value is -0.370. The van der Waals surface area contributed by atoms with Gasteiger partial charge in [-0.3, -0.25) is 4.39 Å². The van der Waals surface area contributed by atoms with Crippen molar-refractivity contribution in [2.75, 3.05) is 6.67 Å². The molecule has 0 radical (unpaired) electrons. The van der Waals surface area contributed by atoms with Crippen molar-refractivity contribution in [2.45, 2.75) is 104 Å². The smallest absolute Gasteiger partial charge is 0.0919 e. The molecule has 3 saturated carbocycles. The first-order chi connectivity index (χ1) is 13.8. The van der Waals surface area contributed by atoms with Crippen LogP contribution in [0.4, 0.5) is 4.39 Å². The van der Waals surface area contributed by atoms with Gasteiger partial charge in [0.1, 0.15) is 0 Å². The molecule has 4 aliphatic carbocycles.